The maximum Gasteiger partial charge on any atom is 0.303 e. The van der Waals surface area contributed by atoms with E-state index in [0.717, 1.165) is 0 Å². The monoisotopic (exact) mass is 249 g/mol. The summed E-state index contributed by atoms with van der Waals surface area (Å²) in [6, 6.07) is 0. The van der Waals surface area contributed by atoms with E-state index in [1.165, 1.54) is 0 Å². The summed E-state index contributed by atoms with van der Waals surface area (Å²) in [4.78, 5) is 12.6. The van der Waals surface area contributed by atoms with Crippen LogP contribution >= 0.6 is 0 Å². The quantitative estimate of drug-likeness (QED) is 0.778. The van der Waals surface area contributed by atoms with Gasteiger partial charge in [-0.25, -0.2) is 8.42 Å². The number of carboxylic acid groups (broad SMARTS) is 1. The maximum absolute atomic E-state index is 11.3. The van der Waals surface area contributed by atoms with Crippen molar-refractivity contribution in [1.82, 2.24) is 4.90 Å². The van der Waals surface area contributed by atoms with Crippen molar-refractivity contribution in [3.8, 4) is 0 Å². The zero-order valence-electron chi connectivity index (χ0n) is 9.77. The van der Waals surface area contributed by atoms with Gasteiger partial charge in [0.15, 0.2) is 9.84 Å². The molecule has 5 nitrogen and oxygen atoms in total. The zero-order valence-corrected chi connectivity index (χ0v) is 10.6. The molecule has 0 aromatic carbocycles. The van der Waals surface area contributed by atoms with E-state index in [0.29, 0.717) is 19.5 Å². The van der Waals surface area contributed by atoms with Crippen LogP contribution in [0.25, 0.3) is 0 Å². The van der Waals surface area contributed by atoms with Gasteiger partial charge in [-0.2, -0.15) is 0 Å². The predicted molar refractivity (Wildman–Crippen MR) is 61.2 cm³/mol. The Morgan fingerprint density at radius 3 is 2.25 bits per heavy atom. The molecule has 0 atom stereocenters. The van der Waals surface area contributed by atoms with Gasteiger partial charge in [-0.15, -0.1) is 0 Å². The lowest BCUT2D eigenvalue weighted by Gasteiger charge is -2.40. The van der Waals surface area contributed by atoms with Crippen LogP contribution in [-0.4, -0.2) is 54.5 Å². The first-order chi connectivity index (χ1) is 7.23. The van der Waals surface area contributed by atoms with Crippen LogP contribution in [0.3, 0.4) is 0 Å². The fourth-order valence-corrected chi connectivity index (χ4v) is 3.09. The first-order valence-corrected chi connectivity index (χ1v) is 7.22. The summed E-state index contributed by atoms with van der Waals surface area (Å²) in [5.41, 5.74) is -0.242. The van der Waals surface area contributed by atoms with E-state index in [-0.39, 0.29) is 23.5 Å². The van der Waals surface area contributed by atoms with Crippen LogP contribution in [0.2, 0.25) is 0 Å². The molecule has 94 valence electrons. The lowest BCUT2D eigenvalue weighted by Crippen LogP contribution is -2.51. The van der Waals surface area contributed by atoms with Gasteiger partial charge in [0.25, 0.3) is 0 Å². The molecule has 1 fully saturated rings. The third-order valence-electron chi connectivity index (χ3n) is 3.15. The molecule has 0 spiro atoms. The Hall–Kier alpha value is -0.620. The number of aliphatic carboxylic acids is 1. The first kappa shape index (κ1) is 13.4. The van der Waals surface area contributed by atoms with Crippen LogP contribution in [0.1, 0.15) is 26.7 Å². The van der Waals surface area contributed by atoms with Crippen molar-refractivity contribution in [3.63, 3.8) is 0 Å². The minimum absolute atomic E-state index is 0.121. The molecule has 1 saturated heterocycles. The van der Waals surface area contributed by atoms with Crippen LogP contribution in [0.5, 0.6) is 0 Å². The predicted octanol–water partition coefficient (Wildman–Crippen LogP) is 0.360. The van der Waals surface area contributed by atoms with E-state index in [2.05, 4.69) is 4.90 Å². The third kappa shape index (κ3) is 3.75. The van der Waals surface area contributed by atoms with Gasteiger partial charge in [-0.1, -0.05) is 0 Å². The van der Waals surface area contributed by atoms with Crippen LogP contribution in [-0.2, 0) is 14.6 Å². The highest BCUT2D eigenvalue weighted by molar-refractivity contribution is 7.91. The minimum Gasteiger partial charge on any atom is -0.481 e. The Morgan fingerprint density at radius 2 is 1.81 bits per heavy atom. The number of sulfone groups is 1. The van der Waals surface area contributed by atoms with Gasteiger partial charge in [0.1, 0.15) is 0 Å². The number of carboxylic acids is 1. The molecular formula is C10H19NO4S. The molecule has 0 radical (unpaired) electrons. The molecule has 1 heterocycles. The molecule has 0 saturated carbocycles. The van der Waals surface area contributed by atoms with Gasteiger partial charge in [-0.3, -0.25) is 9.69 Å². The van der Waals surface area contributed by atoms with Gasteiger partial charge in [0, 0.05) is 25.0 Å². The van der Waals surface area contributed by atoms with Crippen molar-refractivity contribution in [3.05, 3.63) is 0 Å². The normalized spacial score (nSPS) is 21.9. The summed E-state index contributed by atoms with van der Waals surface area (Å²) in [5.74, 6) is -0.440. The van der Waals surface area contributed by atoms with Crippen molar-refractivity contribution < 1.29 is 18.3 Å². The number of rotatable bonds is 4. The summed E-state index contributed by atoms with van der Waals surface area (Å²) >= 11 is 0. The average molecular weight is 249 g/mol. The molecule has 0 bridgehead atoms. The SMILES string of the molecule is CC(C)(CCC(=O)O)N1CCS(=O)(=O)CC1. The second-order valence-electron chi connectivity index (χ2n) is 4.85. The largest absolute Gasteiger partial charge is 0.481 e. The standard InChI is InChI=1S/C10H19NO4S/c1-10(2,4-3-9(12)13)11-5-7-16(14,15)8-6-11/h3-8H2,1-2H3,(H,12,13). The molecular weight excluding hydrogens is 230 g/mol. The van der Waals surface area contributed by atoms with E-state index in [1.807, 2.05) is 13.8 Å². The molecule has 1 aliphatic heterocycles. The van der Waals surface area contributed by atoms with E-state index >= 15 is 0 Å². The molecule has 0 unspecified atom stereocenters. The minimum atomic E-state index is -2.87. The van der Waals surface area contributed by atoms with Crippen LogP contribution in [0.15, 0.2) is 0 Å². The van der Waals surface area contributed by atoms with Crippen LogP contribution in [0, 0.1) is 0 Å². The topological polar surface area (TPSA) is 74.7 Å². The number of carbonyl (C=O) groups is 1. The van der Waals surface area contributed by atoms with Gasteiger partial charge in [-0.05, 0) is 20.3 Å². The highest BCUT2D eigenvalue weighted by atomic mass is 32.2. The van der Waals surface area contributed by atoms with E-state index < -0.39 is 15.8 Å². The third-order valence-corrected chi connectivity index (χ3v) is 4.76. The van der Waals surface area contributed by atoms with Crippen molar-refractivity contribution >= 4 is 15.8 Å². The molecule has 16 heavy (non-hydrogen) atoms. The van der Waals surface area contributed by atoms with Crippen molar-refractivity contribution in [1.29, 1.82) is 0 Å². The molecule has 6 heteroatoms. The summed E-state index contributed by atoms with van der Waals surface area (Å²) in [6.45, 7) is 4.95. The lowest BCUT2D eigenvalue weighted by molar-refractivity contribution is -0.137. The fraction of sp³-hybridized carbons (Fsp3) is 0.900. The number of nitrogens with zero attached hydrogens (tertiary/aromatic N) is 1. The number of hydrogen-bond acceptors (Lipinski definition) is 4. The molecule has 1 N–H and O–H groups in total. The van der Waals surface area contributed by atoms with E-state index in [9.17, 15) is 13.2 Å². The number of hydrogen-bond donors (Lipinski definition) is 1. The van der Waals surface area contributed by atoms with Crippen LogP contribution < -0.4 is 0 Å². The second-order valence-corrected chi connectivity index (χ2v) is 7.15. The van der Waals surface area contributed by atoms with Gasteiger partial charge in [0.05, 0.1) is 11.5 Å². The smallest absolute Gasteiger partial charge is 0.303 e. The Labute approximate surface area is 96.4 Å². The Bertz CT molecular complexity index is 347. The van der Waals surface area contributed by atoms with Crippen molar-refractivity contribution in [2.45, 2.75) is 32.2 Å². The zero-order chi connectivity index (χ0) is 12.4. The lowest BCUT2D eigenvalue weighted by atomic mass is 9.96. The molecule has 0 aliphatic carbocycles. The summed E-state index contributed by atoms with van der Waals surface area (Å²) in [5, 5.41) is 8.64. The highest BCUT2D eigenvalue weighted by Crippen LogP contribution is 2.22. The van der Waals surface area contributed by atoms with E-state index in [1.54, 1.807) is 0 Å². The summed E-state index contributed by atoms with van der Waals surface area (Å²) < 4.78 is 22.5. The Balaban J connectivity index is 2.54. The maximum atomic E-state index is 11.3. The molecule has 1 aliphatic rings. The highest BCUT2D eigenvalue weighted by Gasteiger charge is 2.32. The molecule has 0 aromatic heterocycles. The second kappa shape index (κ2) is 4.71. The summed E-state index contributed by atoms with van der Waals surface area (Å²) in [6.07, 6.45) is 0.665. The molecule has 1 rings (SSSR count). The summed E-state index contributed by atoms with van der Waals surface area (Å²) in [7, 11) is -2.87. The Morgan fingerprint density at radius 1 is 1.31 bits per heavy atom. The van der Waals surface area contributed by atoms with Crippen molar-refractivity contribution in [2.24, 2.45) is 0 Å². The fourth-order valence-electron chi connectivity index (χ4n) is 1.89. The Kier molecular flexibility index (Phi) is 3.96. The van der Waals surface area contributed by atoms with Gasteiger partial charge >= 0.3 is 5.97 Å². The van der Waals surface area contributed by atoms with Crippen molar-refractivity contribution in [2.75, 3.05) is 24.6 Å². The first-order valence-electron chi connectivity index (χ1n) is 5.40. The molecule has 0 aromatic rings. The molecule has 0 amide bonds. The van der Waals surface area contributed by atoms with Gasteiger partial charge in [0.2, 0.25) is 0 Å². The van der Waals surface area contributed by atoms with Crippen LogP contribution in [0.4, 0.5) is 0 Å². The van der Waals surface area contributed by atoms with Gasteiger partial charge < -0.3 is 5.11 Å². The average Bonchev–Trinajstić information content (AvgIpc) is 2.14. The van der Waals surface area contributed by atoms with E-state index in [4.69, 9.17) is 5.11 Å².